The van der Waals surface area contributed by atoms with Crippen molar-refractivity contribution in [3.63, 3.8) is 0 Å². The summed E-state index contributed by atoms with van der Waals surface area (Å²) in [6.07, 6.45) is 3.47. The van der Waals surface area contributed by atoms with Crippen molar-refractivity contribution in [1.29, 1.82) is 0 Å². The molecule has 0 saturated heterocycles. The van der Waals surface area contributed by atoms with Crippen LogP contribution in [0.25, 0.3) is 0 Å². The first-order chi connectivity index (χ1) is 9.10. The zero-order chi connectivity index (χ0) is 14.3. The third-order valence-electron chi connectivity index (χ3n) is 3.05. The fraction of sp³-hybridized carbons (Fsp3) is 0.786. The van der Waals surface area contributed by atoms with E-state index < -0.39 is 0 Å². The van der Waals surface area contributed by atoms with E-state index in [0.29, 0.717) is 6.04 Å². The van der Waals surface area contributed by atoms with Crippen molar-refractivity contribution in [3.8, 4) is 0 Å². The van der Waals surface area contributed by atoms with Gasteiger partial charge in [0.1, 0.15) is 0 Å². The summed E-state index contributed by atoms with van der Waals surface area (Å²) in [7, 11) is 2.03. The first-order valence-corrected chi connectivity index (χ1v) is 9.03. The maximum Gasteiger partial charge on any atom is 0.0738 e. The van der Waals surface area contributed by atoms with Gasteiger partial charge in [0.2, 0.25) is 0 Å². The zero-order valence-corrected chi connectivity index (χ0v) is 14.9. The molecule has 19 heavy (non-hydrogen) atoms. The molecule has 0 spiro atoms. The van der Waals surface area contributed by atoms with Crippen LogP contribution in [0.15, 0.2) is 4.47 Å². The molecule has 0 saturated carbocycles. The Balaban J connectivity index is 2.64. The largest absolute Gasteiger partial charge is 0.313 e. The van der Waals surface area contributed by atoms with Gasteiger partial charge in [-0.15, -0.1) is 0 Å². The minimum Gasteiger partial charge on any atom is -0.313 e. The van der Waals surface area contributed by atoms with Crippen LogP contribution in [0, 0.1) is 6.92 Å². The molecule has 0 radical (unpaired) electrons. The van der Waals surface area contributed by atoms with Crippen LogP contribution in [0.1, 0.15) is 38.1 Å². The molecule has 0 aliphatic carbocycles. The summed E-state index contributed by atoms with van der Waals surface area (Å²) in [4.78, 5) is 0. The minimum atomic E-state index is 0.530. The summed E-state index contributed by atoms with van der Waals surface area (Å²) in [5.74, 6) is 2.42. The highest BCUT2D eigenvalue weighted by Crippen LogP contribution is 2.22. The van der Waals surface area contributed by atoms with Gasteiger partial charge in [-0.1, -0.05) is 13.8 Å². The summed E-state index contributed by atoms with van der Waals surface area (Å²) >= 11 is 5.70. The molecule has 110 valence electrons. The molecule has 1 aromatic heterocycles. The van der Waals surface area contributed by atoms with Gasteiger partial charge in [0.15, 0.2) is 0 Å². The van der Waals surface area contributed by atoms with Crippen LogP contribution in [0.3, 0.4) is 0 Å². The van der Waals surface area contributed by atoms with Crippen LogP contribution in [-0.2, 0) is 13.5 Å². The van der Waals surface area contributed by atoms with Crippen molar-refractivity contribution in [1.82, 2.24) is 15.1 Å². The van der Waals surface area contributed by atoms with Crippen molar-refractivity contribution < 1.29 is 0 Å². The molecule has 0 aliphatic rings. The van der Waals surface area contributed by atoms with Crippen LogP contribution in [0.4, 0.5) is 0 Å². The highest BCUT2D eigenvalue weighted by Gasteiger charge is 2.16. The van der Waals surface area contributed by atoms with E-state index in [-0.39, 0.29) is 0 Å². The van der Waals surface area contributed by atoms with E-state index in [1.807, 2.05) is 30.4 Å². The SMILES string of the molecule is CCCNC(CSCCC)Cc1c(Br)c(C)nn1C. The predicted molar refractivity (Wildman–Crippen MR) is 89.0 cm³/mol. The number of thioether (sulfide) groups is 1. The van der Waals surface area contributed by atoms with E-state index in [2.05, 4.69) is 40.2 Å². The smallest absolute Gasteiger partial charge is 0.0738 e. The van der Waals surface area contributed by atoms with Gasteiger partial charge < -0.3 is 5.32 Å². The number of rotatable bonds is 9. The van der Waals surface area contributed by atoms with Crippen LogP contribution >= 0.6 is 27.7 Å². The fourth-order valence-electron chi connectivity index (χ4n) is 2.04. The van der Waals surface area contributed by atoms with Gasteiger partial charge in [-0.3, -0.25) is 4.68 Å². The number of hydrogen-bond donors (Lipinski definition) is 1. The average Bonchev–Trinajstić information content (AvgIpc) is 2.62. The molecule has 0 amide bonds. The van der Waals surface area contributed by atoms with E-state index in [1.165, 1.54) is 34.5 Å². The van der Waals surface area contributed by atoms with E-state index in [1.54, 1.807) is 0 Å². The molecule has 1 atom stereocenters. The second kappa shape index (κ2) is 9.03. The Hall–Kier alpha value is 0. The molecule has 3 nitrogen and oxygen atoms in total. The lowest BCUT2D eigenvalue weighted by atomic mass is 10.1. The van der Waals surface area contributed by atoms with Crippen molar-refractivity contribution in [2.75, 3.05) is 18.1 Å². The lowest BCUT2D eigenvalue weighted by Crippen LogP contribution is -2.34. The van der Waals surface area contributed by atoms with Crippen molar-refractivity contribution in [2.24, 2.45) is 7.05 Å². The van der Waals surface area contributed by atoms with E-state index >= 15 is 0 Å². The monoisotopic (exact) mass is 347 g/mol. The predicted octanol–water partition coefficient (Wildman–Crippen LogP) is 3.54. The molecule has 1 N–H and O–H groups in total. The molecular formula is C14H26BrN3S. The van der Waals surface area contributed by atoms with Gasteiger partial charge >= 0.3 is 0 Å². The van der Waals surface area contributed by atoms with Gasteiger partial charge in [0, 0.05) is 25.3 Å². The fourth-order valence-corrected chi connectivity index (χ4v) is 3.52. The van der Waals surface area contributed by atoms with Gasteiger partial charge in [0.25, 0.3) is 0 Å². The molecule has 0 aromatic carbocycles. The van der Waals surface area contributed by atoms with Crippen molar-refractivity contribution in [2.45, 2.75) is 46.1 Å². The standard InChI is InChI=1S/C14H26BrN3S/c1-5-7-16-12(10-19-8-6-2)9-13-14(15)11(3)17-18(13)4/h12,16H,5-10H2,1-4H3. The topological polar surface area (TPSA) is 29.9 Å². The summed E-state index contributed by atoms with van der Waals surface area (Å²) in [5, 5.41) is 8.13. The second-order valence-electron chi connectivity index (χ2n) is 4.90. The third-order valence-corrected chi connectivity index (χ3v) is 5.42. The summed E-state index contributed by atoms with van der Waals surface area (Å²) in [6, 6.07) is 0.530. The Morgan fingerprint density at radius 2 is 2.11 bits per heavy atom. The minimum absolute atomic E-state index is 0.530. The molecule has 1 rings (SSSR count). The molecule has 5 heteroatoms. The summed E-state index contributed by atoms with van der Waals surface area (Å²) in [5.41, 5.74) is 2.37. The van der Waals surface area contributed by atoms with Crippen molar-refractivity contribution in [3.05, 3.63) is 15.9 Å². The molecule has 1 aromatic rings. The Morgan fingerprint density at radius 3 is 2.63 bits per heavy atom. The lowest BCUT2D eigenvalue weighted by Gasteiger charge is -2.18. The van der Waals surface area contributed by atoms with Crippen LogP contribution < -0.4 is 5.32 Å². The maximum atomic E-state index is 4.48. The van der Waals surface area contributed by atoms with Gasteiger partial charge in [-0.25, -0.2) is 0 Å². The van der Waals surface area contributed by atoms with Crippen LogP contribution in [0.5, 0.6) is 0 Å². The average molecular weight is 348 g/mol. The van der Waals surface area contributed by atoms with Gasteiger partial charge in [-0.2, -0.15) is 16.9 Å². The summed E-state index contributed by atoms with van der Waals surface area (Å²) < 4.78 is 3.17. The molecular weight excluding hydrogens is 322 g/mol. The molecule has 0 fully saturated rings. The van der Waals surface area contributed by atoms with E-state index in [9.17, 15) is 0 Å². The zero-order valence-electron chi connectivity index (χ0n) is 12.5. The number of hydrogen-bond acceptors (Lipinski definition) is 3. The first-order valence-electron chi connectivity index (χ1n) is 7.09. The highest BCUT2D eigenvalue weighted by atomic mass is 79.9. The number of aryl methyl sites for hydroxylation is 2. The van der Waals surface area contributed by atoms with Crippen molar-refractivity contribution >= 4 is 27.7 Å². The number of nitrogens with one attached hydrogen (secondary N) is 1. The molecule has 0 aliphatic heterocycles. The lowest BCUT2D eigenvalue weighted by molar-refractivity contribution is 0.531. The number of aromatic nitrogens is 2. The second-order valence-corrected chi connectivity index (χ2v) is 6.84. The number of halogens is 1. The van der Waals surface area contributed by atoms with Gasteiger partial charge in [0.05, 0.1) is 15.9 Å². The molecule has 1 heterocycles. The third kappa shape index (κ3) is 5.48. The highest BCUT2D eigenvalue weighted by molar-refractivity contribution is 9.10. The first kappa shape index (κ1) is 17.1. The van der Waals surface area contributed by atoms with E-state index in [4.69, 9.17) is 0 Å². The maximum absolute atomic E-state index is 4.48. The quantitative estimate of drug-likeness (QED) is 0.692. The molecule has 1 unspecified atom stereocenters. The van der Waals surface area contributed by atoms with Crippen LogP contribution in [-0.4, -0.2) is 33.9 Å². The summed E-state index contributed by atoms with van der Waals surface area (Å²) in [6.45, 7) is 7.59. The van der Waals surface area contributed by atoms with Gasteiger partial charge in [-0.05, 0) is 48.0 Å². The number of nitrogens with zero attached hydrogens (tertiary/aromatic N) is 2. The Morgan fingerprint density at radius 1 is 1.37 bits per heavy atom. The normalized spacial score (nSPS) is 12.9. The van der Waals surface area contributed by atoms with E-state index in [0.717, 1.165) is 18.7 Å². The van der Waals surface area contributed by atoms with Crippen LogP contribution in [0.2, 0.25) is 0 Å². The Bertz CT molecular complexity index is 379. The Labute approximate surface area is 130 Å². The Kier molecular flexibility index (Phi) is 8.11. The molecule has 0 bridgehead atoms.